The Bertz CT molecular complexity index is 913. The highest BCUT2D eigenvalue weighted by atomic mass is 16.2. The average molecular weight is 463 g/mol. The largest absolute Gasteiger partial charge is 0.340 e. The number of piperidine rings is 1. The summed E-state index contributed by atoms with van der Waals surface area (Å²) in [6, 6.07) is 20.8. The van der Waals surface area contributed by atoms with Crippen LogP contribution in [0.2, 0.25) is 0 Å². The average Bonchev–Trinajstić information content (AvgIpc) is 2.89. The Labute approximate surface area is 203 Å². The Morgan fingerprint density at radius 1 is 0.882 bits per heavy atom. The SMILES string of the molecule is CCCCNC(=O)N1CC(C(=O)N2CCN(Cc3ccccc3)CC2)CC(c2ccccc2)C1. The molecule has 2 unspecified atom stereocenters. The molecule has 0 bridgehead atoms. The monoisotopic (exact) mass is 462 g/mol. The van der Waals surface area contributed by atoms with Crippen LogP contribution in [0.3, 0.4) is 0 Å². The lowest BCUT2D eigenvalue weighted by atomic mass is 9.84. The molecule has 34 heavy (non-hydrogen) atoms. The molecule has 4 rings (SSSR count). The summed E-state index contributed by atoms with van der Waals surface area (Å²) in [5, 5.41) is 3.05. The zero-order valence-electron chi connectivity index (χ0n) is 20.4. The molecule has 182 valence electrons. The molecule has 3 amide bonds. The minimum absolute atomic E-state index is 0.0421. The summed E-state index contributed by atoms with van der Waals surface area (Å²) >= 11 is 0. The van der Waals surface area contributed by atoms with Crippen molar-refractivity contribution in [2.24, 2.45) is 5.92 Å². The molecule has 0 spiro atoms. The fraction of sp³-hybridized carbons (Fsp3) is 0.500. The first kappa shape index (κ1) is 24.3. The normalized spacial score (nSPS) is 21.3. The van der Waals surface area contributed by atoms with Gasteiger partial charge in [0.05, 0.1) is 5.92 Å². The maximum atomic E-state index is 13.6. The van der Waals surface area contributed by atoms with E-state index in [9.17, 15) is 9.59 Å². The standard InChI is InChI=1S/C28H38N4O2/c1-2-3-14-29-28(34)32-21-25(24-12-8-5-9-13-24)19-26(22-32)27(33)31-17-15-30(16-18-31)20-23-10-6-4-7-11-23/h4-13,25-26H,2-3,14-22H2,1H3,(H,29,34). The lowest BCUT2D eigenvalue weighted by Crippen LogP contribution is -2.54. The second-order valence-electron chi connectivity index (χ2n) is 9.62. The number of rotatable bonds is 7. The molecular weight excluding hydrogens is 424 g/mol. The number of carbonyl (C=O) groups excluding carboxylic acids is 2. The van der Waals surface area contributed by atoms with Crippen LogP contribution in [-0.2, 0) is 11.3 Å². The first-order valence-electron chi connectivity index (χ1n) is 12.8. The number of urea groups is 1. The van der Waals surface area contributed by atoms with E-state index in [0.717, 1.165) is 52.0 Å². The predicted molar refractivity (Wildman–Crippen MR) is 135 cm³/mol. The third-order valence-electron chi connectivity index (χ3n) is 7.10. The predicted octanol–water partition coefficient (Wildman–Crippen LogP) is 3.95. The zero-order valence-corrected chi connectivity index (χ0v) is 20.4. The Kier molecular flexibility index (Phi) is 8.58. The molecule has 0 aliphatic carbocycles. The Morgan fingerprint density at radius 3 is 2.24 bits per heavy atom. The van der Waals surface area contributed by atoms with Gasteiger partial charge in [-0.2, -0.15) is 0 Å². The number of piperazine rings is 1. The summed E-state index contributed by atoms with van der Waals surface area (Å²) in [6.45, 7) is 8.17. The van der Waals surface area contributed by atoms with Crippen molar-refractivity contribution in [1.82, 2.24) is 20.0 Å². The van der Waals surface area contributed by atoms with Crippen molar-refractivity contribution in [1.29, 1.82) is 0 Å². The summed E-state index contributed by atoms with van der Waals surface area (Å²) < 4.78 is 0. The number of nitrogens with zero attached hydrogens (tertiary/aromatic N) is 3. The van der Waals surface area contributed by atoms with Crippen molar-refractivity contribution in [3.8, 4) is 0 Å². The molecule has 2 aromatic rings. The second-order valence-corrected chi connectivity index (χ2v) is 9.62. The van der Waals surface area contributed by atoms with Gasteiger partial charge in [-0.05, 0) is 24.0 Å². The molecule has 6 heteroatoms. The van der Waals surface area contributed by atoms with Crippen LogP contribution in [0.25, 0.3) is 0 Å². The van der Waals surface area contributed by atoms with Gasteiger partial charge in [-0.25, -0.2) is 4.79 Å². The maximum Gasteiger partial charge on any atom is 0.317 e. The first-order chi connectivity index (χ1) is 16.6. The number of carbonyl (C=O) groups is 2. The molecule has 2 aromatic carbocycles. The highest BCUT2D eigenvalue weighted by molar-refractivity contribution is 5.81. The number of unbranched alkanes of at least 4 members (excludes halogenated alkanes) is 1. The summed E-state index contributed by atoms with van der Waals surface area (Å²) in [5.74, 6) is 0.225. The molecule has 0 saturated carbocycles. The lowest BCUT2D eigenvalue weighted by molar-refractivity contribution is -0.139. The third kappa shape index (κ3) is 6.38. The van der Waals surface area contributed by atoms with Crippen molar-refractivity contribution < 1.29 is 9.59 Å². The number of benzene rings is 2. The number of nitrogens with one attached hydrogen (secondary N) is 1. The van der Waals surface area contributed by atoms with Gasteiger partial charge in [-0.1, -0.05) is 74.0 Å². The van der Waals surface area contributed by atoms with Crippen LogP contribution >= 0.6 is 0 Å². The molecule has 6 nitrogen and oxygen atoms in total. The van der Waals surface area contributed by atoms with E-state index < -0.39 is 0 Å². The minimum Gasteiger partial charge on any atom is -0.340 e. The molecule has 2 atom stereocenters. The molecule has 2 saturated heterocycles. The molecule has 0 aromatic heterocycles. The van der Waals surface area contributed by atoms with Crippen LogP contribution in [0.4, 0.5) is 4.79 Å². The van der Waals surface area contributed by atoms with E-state index in [-0.39, 0.29) is 23.8 Å². The smallest absolute Gasteiger partial charge is 0.317 e. The van der Waals surface area contributed by atoms with E-state index in [2.05, 4.69) is 53.5 Å². The molecule has 2 aliphatic heterocycles. The van der Waals surface area contributed by atoms with Gasteiger partial charge in [-0.3, -0.25) is 9.69 Å². The summed E-state index contributed by atoms with van der Waals surface area (Å²) in [5.41, 5.74) is 2.52. The van der Waals surface area contributed by atoms with Gasteiger partial charge >= 0.3 is 6.03 Å². The fourth-order valence-electron chi connectivity index (χ4n) is 5.12. The van der Waals surface area contributed by atoms with E-state index in [1.807, 2.05) is 34.1 Å². The summed E-state index contributed by atoms with van der Waals surface area (Å²) in [7, 11) is 0. The van der Waals surface area contributed by atoms with Crippen molar-refractivity contribution in [3.05, 3.63) is 71.8 Å². The van der Waals surface area contributed by atoms with Crippen molar-refractivity contribution in [2.45, 2.75) is 38.6 Å². The van der Waals surface area contributed by atoms with Crippen LogP contribution in [0, 0.1) is 5.92 Å². The number of hydrogen-bond acceptors (Lipinski definition) is 3. The van der Waals surface area contributed by atoms with E-state index in [1.54, 1.807) is 0 Å². The van der Waals surface area contributed by atoms with Crippen LogP contribution in [-0.4, -0.2) is 72.5 Å². The highest BCUT2D eigenvalue weighted by Gasteiger charge is 2.37. The molecular formula is C28H38N4O2. The molecule has 0 radical (unpaired) electrons. The topological polar surface area (TPSA) is 55.9 Å². The van der Waals surface area contributed by atoms with Crippen molar-refractivity contribution >= 4 is 11.9 Å². The van der Waals surface area contributed by atoms with Crippen LogP contribution in [0.1, 0.15) is 43.2 Å². The summed E-state index contributed by atoms with van der Waals surface area (Å²) in [4.78, 5) is 32.8. The van der Waals surface area contributed by atoms with Gasteiger partial charge < -0.3 is 15.1 Å². The molecule has 2 aliphatic rings. The molecule has 2 fully saturated rings. The second kappa shape index (κ2) is 12.0. The molecule has 2 heterocycles. The van der Waals surface area contributed by atoms with E-state index in [4.69, 9.17) is 0 Å². The van der Waals surface area contributed by atoms with Gasteiger partial charge in [0.1, 0.15) is 0 Å². The molecule has 1 N–H and O–H groups in total. The van der Waals surface area contributed by atoms with E-state index >= 15 is 0 Å². The third-order valence-corrected chi connectivity index (χ3v) is 7.10. The maximum absolute atomic E-state index is 13.6. The number of hydrogen-bond donors (Lipinski definition) is 1. The van der Waals surface area contributed by atoms with Crippen LogP contribution in [0.5, 0.6) is 0 Å². The highest BCUT2D eigenvalue weighted by Crippen LogP contribution is 2.31. The van der Waals surface area contributed by atoms with E-state index in [1.165, 1.54) is 11.1 Å². The summed E-state index contributed by atoms with van der Waals surface area (Å²) in [6.07, 6.45) is 2.81. The first-order valence-corrected chi connectivity index (χ1v) is 12.8. The number of likely N-dealkylation sites (tertiary alicyclic amines) is 1. The Hall–Kier alpha value is -2.86. The van der Waals surface area contributed by atoms with E-state index in [0.29, 0.717) is 19.6 Å². The van der Waals surface area contributed by atoms with Gasteiger partial charge in [-0.15, -0.1) is 0 Å². The van der Waals surface area contributed by atoms with Crippen LogP contribution < -0.4 is 5.32 Å². The van der Waals surface area contributed by atoms with Crippen molar-refractivity contribution in [2.75, 3.05) is 45.8 Å². The van der Waals surface area contributed by atoms with Crippen LogP contribution in [0.15, 0.2) is 60.7 Å². The Morgan fingerprint density at radius 2 is 1.56 bits per heavy atom. The van der Waals surface area contributed by atoms with Gasteiger partial charge in [0.25, 0.3) is 0 Å². The quantitative estimate of drug-likeness (QED) is 0.634. The van der Waals surface area contributed by atoms with Gasteiger partial charge in [0, 0.05) is 58.3 Å². The number of amides is 3. The minimum atomic E-state index is -0.156. The van der Waals surface area contributed by atoms with Gasteiger partial charge in [0.15, 0.2) is 0 Å². The Balaban J connectivity index is 1.38. The van der Waals surface area contributed by atoms with Gasteiger partial charge in [0.2, 0.25) is 5.91 Å². The lowest BCUT2D eigenvalue weighted by Gasteiger charge is -2.41. The fourth-order valence-corrected chi connectivity index (χ4v) is 5.12. The zero-order chi connectivity index (χ0) is 23.8. The van der Waals surface area contributed by atoms with Crippen molar-refractivity contribution in [3.63, 3.8) is 0 Å².